The summed E-state index contributed by atoms with van der Waals surface area (Å²) in [5.41, 5.74) is -1.25. The first-order valence-corrected chi connectivity index (χ1v) is 16.6. The Morgan fingerprint density at radius 2 is 1.46 bits per heavy atom. The monoisotopic (exact) mass is 591 g/mol. The van der Waals surface area contributed by atoms with Crippen molar-refractivity contribution in [3.05, 3.63) is 0 Å². The van der Waals surface area contributed by atoms with E-state index in [1.807, 2.05) is 54.7 Å². The van der Waals surface area contributed by atoms with E-state index < -0.39 is 5.41 Å². The van der Waals surface area contributed by atoms with Gasteiger partial charge in [-0.3, -0.25) is 14.4 Å². The van der Waals surface area contributed by atoms with Gasteiger partial charge in [-0.25, -0.2) is 0 Å². The Labute approximate surface area is 247 Å². The molecular weight excluding hydrogens is 534 g/mol. The number of nitrogens with one attached hydrogen (secondary N) is 3. The van der Waals surface area contributed by atoms with Crippen LogP contribution in [0.15, 0.2) is 0 Å². The molecule has 0 heterocycles. The third kappa shape index (κ3) is 16.8. The molecule has 0 radical (unpaired) electrons. The summed E-state index contributed by atoms with van der Waals surface area (Å²) >= 11 is 3.33. The molecule has 230 valence electrons. The van der Waals surface area contributed by atoms with E-state index in [4.69, 9.17) is 9.47 Å². The first-order chi connectivity index (χ1) is 18.1. The van der Waals surface area contributed by atoms with Crippen LogP contribution in [0.3, 0.4) is 0 Å². The van der Waals surface area contributed by atoms with Crippen molar-refractivity contribution in [2.75, 3.05) is 51.5 Å². The van der Waals surface area contributed by atoms with Crippen molar-refractivity contribution >= 4 is 41.2 Å². The Morgan fingerprint density at radius 3 is 2.03 bits per heavy atom. The molecular formula is C29H57N3O5S2. The Morgan fingerprint density at radius 1 is 0.846 bits per heavy atom. The van der Waals surface area contributed by atoms with Gasteiger partial charge in [-0.15, -0.1) is 11.8 Å². The molecule has 0 saturated heterocycles. The van der Waals surface area contributed by atoms with Crippen molar-refractivity contribution in [1.29, 1.82) is 0 Å². The number of amides is 3. The summed E-state index contributed by atoms with van der Waals surface area (Å²) in [7, 11) is 0. The molecule has 0 bridgehead atoms. The highest BCUT2D eigenvalue weighted by atomic mass is 32.2. The molecule has 3 N–H and O–H groups in total. The lowest BCUT2D eigenvalue weighted by atomic mass is 9.85. The number of rotatable bonds is 22. The van der Waals surface area contributed by atoms with Gasteiger partial charge in [0.15, 0.2) is 0 Å². The van der Waals surface area contributed by atoms with Gasteiger partial charge in [-0.1, -0.05) is 34.6 Å². The predicted octanol–water partition coefficient (Wildman–Crippen LogP) is 4.65. The number of thioether (sulfide) groups is 2. The number of hydrogen-bond donors (Lipinski definition) is 3. The van der Waals surface area contributed by atoms with Gasteiger partial charge in [0, 0.05) is 35.9 Å². The Kier molecular flexibility index (Phi) is 18.7. The zero-order chi connectivity index (χ0) is 30.1. The van der Waals surface area contributed by atoms with E-state index in [9.17, 15) is 14.4 Å². The Hall–Kier alpha value is -0.970. The van der Waals surface area contributed by atoms with Gasteiger partial charge in [0.25, 0.3) is 0 Å². The van der Waals surface area contributed by atoms with Crippen LogP contribution in [0.1, 0.15) is 88.0 Å². The zero-order valence-corrected chi connectivity index (χ0v) is 27.9. The van der Waals surface area contributed by atoms with E-state index in [1.165, 1.54) is 0 Å². The Bertz CT molecular complexity index is 730. The molecule has 8 nitrogen and oxygen atoms in total. The van der Waals surface area contributed by atoms with Crippen molar-refractivity contribution < 1.29 is 23.9 Å². The van der Waals surface area contributed by atoms with Gasteiger partial charge in [0.1, 0.15) is 0 Å². The first kappa shape index (κ1) is 38.0. The van der Waals surface area contributed by atoms with Crippen LogP contribution in [0.25, 0.3) is 0 Å². The molecule has 0 rings (SSSR count). The van der Waals surface area contributed by atoms with E-state index >= 15 is 0 Å². The van der Waals surface area contributed by atoms with Crippen LogP contribution in [-0.4, -0.2) is 85.3 Å². The van der Waals surface area contributed by atoms with Crippen LogP contribution in [0.5, 0.6) is 0 Å². The normalized spacial score (nSPS) is 13.3. The average molecular weight is 592 g/mol. The van der Waals surface area contributed by atoms with Crippen molar-refractivity contribution in [3.8, 4) is 0 Å². The summed E-state index contributed by atoms with van der Waals surface area (Å²) in [6.07, 6.45) is 5.22. The number of ether oxygens (including phenoxy) is 2. The standard InChI is InChI=1S/C29H57N3O5S2/c1-11-27(4,5)25(34)32-28(6,7)14-17-36-19-20-37-18-16-31-26(35)29(8,9)23(38-10)13-12-15-30-24(33)21-39-22(2)3/h22-23H,11-21H2,1-10H3,(H,30,33)(H,31,35)(H,32,34). The van der Waals surface area contributed by atoms with Gasteiger partial charge in [0.2, 0.25) is 17.7 Å². The summed E-state index contributed by atoms with van der Waals surface area (Å²) < 4.78 is 11.3. The lowest BCUT2D eigenvalue weighted by molar-refractivity contribution is -0.131. The minimum absolute atomic E-state index is 0.00889. The van der Waals surface area contributed by atoms with Gasteiger partial charge in [-0.05, 0) is 64.9 Å². The van der Waals surface area contributed by atoms with Crippen LogP contribution in [0.4, 0.5) is 0 Å². The summed E-state index contributed by atoms with van der Waals surface area (Å²) in [5, 5.41) is 9.68. The zero-order valence-electron chi connectivity index (χ0n) is 26.3. The molecule has 0 aliphatic rings. The second-order valence-electron chi connectivity index (χ2n) is 12.1. The highest BCUT2D eigenvalue weighted by molar-refractivity contribution is 8.00. The van der Waals surface area contributed by atoms with Gasteiger partial charge in [-0.2, -0.15) is 11.8 Å². The summed E-state index contributed by atoms with van der Waals surface area (Å²) in [4.78, 5) is 37.2. The van der Waals surface area contributed by atoms with Crippen molar-refractivity contribution in [2.24, 2.45) is 10.8 Å². The maximum absolute atomic E-state index is 12.9. The molecule has 1 atom stereocenters. The maximum Gasteiger partial charge on any atom is 0.230 e. The van der Waals surface area contributed by atoms with Crippen LogP contribution in [-0.2, 0) is 23.9 Å². The van der Waals surface area contributed by atoms with Crippen LogP contribution < -0.4 is 16.0 Å². The molecule has 0 aromatic carbocycles. The lowest BCUT2D eigenvalue weighted by Crippen LogP contribution is -2.49. The van der Waals surface area contributed by atoms with E-state index in [-0.39, 0.29) is 33.9 Å². The summed E-state index contributed by atoms with van der Waals surface area (Å²) in [6.45, 7) is 21.0. The summed E-state index contributed by atoms with van der Waals surface area (Å²) in [6, 6.07) is 0. The van der Waals surface area contributed by atoms with E-state index in [2.05, 4.69) is 29.8 Å². The van der Waals surface area contributed by atoms with Crippen LogP contribution in [0.2, 0.25) is 0 Å². The number of hydrogen-bond acceptors (Lipinski definition) is 7. The molecule has 10 heteroatoms. The molecule has 0 saturated carbocycles. The largest absolute Gasteiger partial charge is 0.379 e. The molecule has 0 fully saturated rings. The summed E-state index contributed by atoms with van der Waals surface area (Å²) in [5.74, 6) is 0.629. The number of carbonyl (C=O) groups is 3. The lowest BCUT2D eigenvalue weighted by Gasteiger charge is -2.32. The Balaban J connectivity index is 4.12. The molecule has 0 spiro atoms. The van der Waals surface area contributed by atoms with E-state index in [1.54, 1.807) is 23.5 Å². The quantitative estimate of drug-likeness (QED) is 0.157. The highest BCUT2D eigenvalue weighted by Crippen LogP contribution is 2.33. The molecule has 39 heavy (non-hydrogen) atoms. The molecule has 0 aromatic heterocycles. The minimum Gasteiger partial charge on any atom is -0.379 e. The fourth-order valence-corrected chi connectivity index (χ4v) is 5.23. The van der Waals surface area contributed by atoms with Crippen molar-refractivity contribution in [2.45, 2.75) is 104 Å². The number of carbonyl (C=O) groups excluding carboxylic acids is 3. The van der Waals surface area contributed by atoms with Crippen molar-refractivity contribution in [1.82, 2.24) is 16.0 Å². The van der Waals surface area contributed by atoms with Gasteiger partial charge < -0.3 is 25.4 Å². The SMILES string of the molecule is CCC(C)(C)C(=O)NC(C)(C)CCOCCOCCNC(=O)C(C)(C)C(CCCNC(=O)CSC(C)C)SC. The fourth-order valence-electron chi connectivity index (χ4n) is 3.54. The molecule has 3 amide bonds. The topological polar surface area (TPSA) is 106 Å². The van der Waals surface area contributed by atoms with Gasteiger partial charge in [0.05, 0.1) is 31.0 Å². The molecule has 0 aliphatic heterocycles. The second-order valence-corrected chi connectivity index (χ2v) is 14.7. The fraction of sp³-hybridized carbons (Fsp3) is 0.897. The third-order valence-electron chi connectivity index (χ3n) is 6.91. The van der Waals surface area contributed by atoms with E-state index in [0.29, 0.717) is 56.9 Å². The first-order valence-electron chi connectivity index (χ1n) is 14.3. The average Bonchev–Trinajstić information content (AvgIpc) is 2.85. The molecule has 0 aliphatic carbocycles. The molecule has 0 aromatic rings. The smallest absolute Gasteiger partial charge is 0.230 e. The third-order valence-corrected chi connectivity index (χ3v) is 9.40. The predicted molar refractivity (Wildman–Crippen MR) is 166 cm³/mol. The maximum atomic E-state index is 12.9. The highest BCUT2D eigenvalue weighted by Gasteiger charge is 2.35. The molecule has 1 unspecified atom stereocenters. The van der Waals surface area contributed by atoms with Crippen LogP contribution in [0, 0.1) is 10.8 Å². The van der Waals surface area contributed by atoms with Crippen LogP contribution >= 0.6 is 23.5 Å². The van der Waals surface area contributed by atoms with E-state index in [0.717, 1.165) is 19.3 Å². The minimum atomic E-state index is -0.533. The van der Waals surface area contributed by atoms with Crippen molar-refractivity contribution in [3.63, 3.8) is 0 Å². The second kappa shape index (κ2) is 19.2. The van der Waals surface area contributed by atoms with Gasteiger partial charge >= 0.3 is 0 Å².